The summed E-state index contributed by atoms with van der Waals surface area (Å²) < 4.78 is 18.7. The predicted octanol–water partition coefficient (Wildman–Crippen LogP) is 0.163. The van der Waals surface area contributed by atoms with Gasteiger partial charge in [-0.15, -0.1) is 12.4 Å². The highest BCUT2D eigenvalue weighted by Crippen LogP contribution is 2.14. The van der Waals surface area contributed by atoms with Crippen LogP contribution in [0.15, 0.2) is 24.3 Å². The number of nitrogens with one attached hydrogen (secondary N) is 1. The third-order valence-corrected chi connectivity index (χ3v) is 6.14. The molecule has 2 saturated heterocycles. The average molecular weight is 504 g/mol. The number of nitrogens with zero attached hydrogens (tertiary/aromatic N) is 2. The van der Waals surface area contributed by atoms with Crippen molar-refractivity contribution in [3.63, 3.8) is 0 Å². The number of rotatable bonds is 2. The Labute approximate surface area is 205 Å². The number of hydrogen-bond acceptors (Lipinski definition) is 7. The van der Waals surface area contributed by atoms with Crippen molar-refractivity contribution in [3.05, 3.63) is 35.6 Å². The molecule has 34 heavy (non-hydrogen) atoms. The second-order valence-electron chi connectivity index (χ2n) is 8.64. The zero-order valence-corrected chi connectivity index (χ0v) is 20.0. The van der Waals surface area contributed by atoms with E-state index < -0.39 is 30.0 Å². The maximum Gasteiger partial charge on any atom is 0.254 e. The quantitative estimate of drug-likeness (QED) is 0.453. The number of carbonyl (C=O) groups is 2. The molecule has 0 aromatic heterocycles. The highest BCUT2D eigenvalue weighted by atomic mass is 35.5. The van der Waals surface area contributed by atoms with Gasteiger partial charge in [-0.3, -0.25) is 9.59 Å². The van der Waals surface area contributed by atoms with Crippen LogP contribution in [-0.4, -0.2) is 107 Å². The van der Waals surface area contributed by atoms with E-state index >= 15 is 0 Å². The van der Waals surface area contributed by atoms with Gasteiger partial charge in [0.25, 0.3) is 5.91 Å². The van der Waals surface area contributed by atoms with Crippen LogP contribution in [-0.2, 0) is 9.53 Å². The first-order chi connectivity index (χ1) is 15.9. The van der Waals surface area contributed by atoms with E-state index in [1.807, 2.05) is 0 Å². The molecular weight excluding hydrogens is 469 g/mol. The Morgan fingerprint density at radius 2 is 1.68 bits per heavy atom. The minimum Gasteiger partial charge on any atom is -0.388 e. The summed E-state index contributed by atoms with van der Waals surface area (Å²) in [5, 5.41) is 34.1. The van der Waals surface area contributed by atoms with Crippen LogP contribution in [0.5, 0.6) is 0 Å². The highest BCUT2D eigenvalue weighted by molar-refractivity contribution is 5.94. The number of aliphatic hydroxyl groups excluding tert-OH is 3. The van der Waals surface area contributed by atoms with Gasteiger partial charge in [0.2, 0.25) is 5.91 Å². The van der Waals surface area contributed by atoms with Crippen LogP contribution in [0.1, 0.15) is 36.0 Å². The van der Waals surface area contributed by atoms with Gasteiger partial charge in [-0.25, -0.2) is 4.39 Å². The van der Waals surface area contributed by atoms with Crippen molar-refractivity contribution < 1.29 is 34.0 Å². The Bertz CT molecular complexity index is 780. The Hall–Kier alpha value is -1.82. The molecule has 2 heterocycles. The number of ether oxygens (including phenoxy) is 1. The molecule has 11 heteroatoms. The molecule has 0 unspecified atom stereocenters. The van der Waals surface area contributed by atoms with Crippen LogP contribution < -0.4 is 5.32 Å². The van der Waals surface area contributed by atoms with E-state index in [0.29, 0.717) is 26.0 Å². The number of hydrogen-bond donors (Lipinski definition) is 4. The van der Waals surface area contributed by atoms with E-state index in [2.05, 4.69) is 5.32 Å². The number of benzene rings is 1. The Morgan fingerprint density at radius 3 is 2.35 bits per heavy atom. The maximum absolute atomic E-state index is 13.3. The summed E-state index contributed by atoms with van der Waals surface area (Å²) in [6.07, 6.45) is -1.22. The third kappa shape index (κ3) is 7.86. The van der Waals surface area contributed by atoms with E-state index in [9.17, 15) is 29.3 Å². The molecule has 0 saturated carbocycles. The van der Waals surface area contributed by atoms with Crippen LogP contribution >= 0.6 is 12.4 Å². The van der Waals surface area contributed by atoms with Crippen LogP contribution in [0.25, 0.3) is 0 Å². The first-order valence-electron chi connectivity index (χ1n) is 11.6. The fraction of sp³-hybridized carbons (Fsp3) is 0.652. The molecule has 4 atom stereocenters. The standard InChI is InChI=1S/C23H34FN3O6.ClH/c24-17-7-5-16(6-8-17)22(31)27-12-11-26(23(32)18-4-3-9-25-18)10-1-2-13-33-15-20(29)21(30)19(28)14-27;/h5-8,18-21,25,28-30H,1-4,9-15H2;1H/t18-,19+,20-,21-;/m1./s1. The second kappa shape index (κ2) is 13.9. The van der Waals surface area contributed by atoms with Crippen molar-refractivity contribution in [3.8, 4) is 0 Å². The molecule has 0 spiro atoms. The van der Waals surface area contributed by atoms with Gasteiger partial charge in [0.1, 0.15) is 24.1 Å². The topological polar surface area (TPSA) is 123 Å². The molecule has 1 aromatic carbocycles. The van der Waals surface area contributed by atoms with E-state index in [1.54, 1.807) is 4.90 Å². The second-order valence-corrected chi connectivity index (χ2v) is 8.64. The lowest BCUT2D eigenvalue weighted by atomic mass is 10.1. The van der Waals surface area contributed by atoms with Crippen LogP contribution in [0.3, 0.4) is 0 Å². The Balaban J connectivity index is 0.00000408. The third-order valence-electron chi connectivity index (χ3n) is 6.14. The molecular formula is C23H35ClFN3O6. The van der Waals surface area contributed by atoms with Gasteiger partial charge in [-0.2, -0.15) is 0 Å². The molecule has 0 radical (unpaired) electrons. The lowest BCUT2D eigenvalue weighted by Crippen LogP contribution is -2.51. The molecule has 1 aromatic rings. The number of halogens is 2. The van der Waals surface area contributed by atoms with E-state index in [-0.39, 0.29) is 56.2 Å². The summed E-state index contributed by atoms with van der Waals surface area (Å²) in [5.74, 6) is -0.969. The maximum atomic E-state index is 13.3. The van der Waals surface area contributed by atoms with Crippen LogP contribution in [0.4, 0.5) is 4.39 Å². The van der Waals surface area contributed by atoms with E-state index in [0.717, 1.165) is 19.4 Å². The van der Waals surface area contributed by atoms with Gasteiger partial charge in [0, 0.05) is 38.3 Å². The molecule has 0 aliphatic carbocycles. The zero-order valence-electron chi connectivity index (χ0n) is 19.1. The van der Waals surface area contributed by atoms with Crippen LogP contribution in [0.2, 0.25) is 0 Å². The first-order valence-corrected chi connectivity index (χ1v) is 11.6. The Morgan fingerprint density at radius 1 is 0.971 bits per heavy atom. The summed E-state index contributed by atoms with van der Waals surface area (Å²) in [6, 6.07) is 4.79. The molecule has 2 aliphatic heterocycles. The van der Waals surface area contributed by atoms with E-state index in [1.165, 1.54) is 29.2 Å². The van der Waals surface area contributed by atoms with Gasteiger partial charge < -0.3 is 35.2 Å². The summed E-state index contributed by atoms with van der Waals surface area (Å²) in [6.45, 7) is 1.59. The van der Waals surface area contributed by atoms with Crippen molar-refractivity contribution in [1.29, 1.82) is 0 Å². The first kappa shape index (κ1) is 28.4. The van der Waals surface area contributed by atoms with Crippen molar-refractivity contribution in [2.75, 3.05) is 45.9 Å². The number of amides is 2. The fourth-order valence-electron chi connectivity index (χ4n) is 4.14. The molecule has 0 bridgehead atoms. The molecule has 2 aliphatic rings. The lowest BCUT2D eigenvalue weighted by Gasteiger charge is -2.33. The normalized spacial score (nSPS) is 27.5. The van der Waals surface area contributed by atoms with Gasteiger partial charge in [-0.05, 0) is 56.5 Å². The molecule has 4 N–H and O–H groups in total. The largest absolute Gasteiger partial charge is 0.388 e. The fourth-order valence-corrected chi connectivity index (χ4v) is 4.14. The van der Waals surface area contributed by atoms with Gasteiger partial charge in [-0.1, -0.05) is 0 Å². The minimum atomic E-state index is -1.52. The summed E-state index contributed by atoms with van der Waals surface area (Å²) in [7, 11) is 0. The lowest BCUT2D eigenvalue weighted by molar-refractivity contribution is -0.133. The van der Waals surface area contributed by atoms with Gasteiger partial charge in [0.15, 0.2) is 0 Å². The molecule has 3 rings (SSSR count). The van der Waals surface area contributed by atoms with Crippen molar-refractivity contribution in [2.24, 2.45) is 0 Å². The Kier molecular flexibility index (Phi) is 11.6. The van der Waals surface area contributed by atoms with E-state index in [4.69, 9.17) is 4.74 Å². The summed E-state index contributed by atoms with van der Waals surface area (Å²) >= 11 is 0. The monoisotopic (exact) mass is 503 g/mol. The summed E-state index contributed by atoms with van der Waals surface area (Å²) in [5.41, 5.74) is 0.221. The van der Waals surface area contributed by atoms with Crippen LogP contribution in [0, 0.1) is 5.82 Å². The molecule has 9 nitrogen and oxygen atoms in total. The molecule has 2 fully saturated rings. The summed E-state index contributed by atoms with van der Waals surface area (Å²) in [4.78, 5) is 29.2. The van der Waals surface area contributed by atoms with Crippen molar-refractivity contribution in [2.45, 2.75) is 50.0 Å². The molecule has 192 valence electrons. The van der Waals surface area contributed by atoms with Gasteiger partial charge in [0.05, 0.1) is 12.6 Å². The average Bonchev–Trinajstić information content (AvgIpc) is 3.35. The number of β-amino-alcohol motifs (C(OH)–C–C–N with tert-alkyl or cyclic N) is 1. The zero-order chi connectivity index (χ0) is 23.8. The predicted molar refractivity (Wildman–Crippen MR) is 125 cm³/mol. The van der Waals surface area contributed by atoms with Crippen molar-refractivity contribution in [1.82, 2.24) is 15.1 Å². The number of carbonyl (C=O) groups excluding carboxylic acids is 2. The smallest absolute Gasteiger partial charge is 0.254 e. The van der Waals surface area contributed by atoms with Crippen molar-refractivity contribution >= 4 is 24.2 Å². The SMILES string of the molecule is Cl.O=C(c1ccc(F)cc1)N1CCN(C(=O)[C@H]2CCCN2)CCCCOC[C@@H](O)[C@H](O)[C@@H](O)C1. The highest BCUT2D eigenvalue weighted by Gasteiger charge is 2.31. The van der Waals surface area contributed by atoms with Gasteiger partial charge >= 0.3 is 0 Å². The molecule has 2 amide bonds. The number of aliphatic hydroxyl groups is 3. The minimum absolute atomic E-state index is 0.